The average molecular weight is 312 g/mol. The molecule has 21 heavy (non-hydrogen) atoms. The Morgan fingerprint density at radius 1 is 1.29 bits per heavy atom. The Morgan fingerprint density at radius 2 is 1.95 bits per heavy atom. The minimum absolute atomic E-state index is 0.0730. The quantitative estimate of drug-likeness (QED) is 0.786. The first-order chi connectivity index (χ1) is 9.85. The summed E-state index contributed by atoms with van der Waals surface area (Å²) in [7, 11) is -3.73. The smallest absolute Gasteiger partial charge is 0.238 e. The van der Waals surface area contributed by atoms with E-state index in [4.69, 9.17) is 10.9 Å². The highest BCUT2D eigenvalue weighted by Crippen LogP contribution is 2.27. The molecule has 6 nitrogen and oxygen atoms in total. The molecule has 0 aromatic heterocycles. The third kappa shape index (κ3) is 3.66. The Bertz CT molecular complexity index is 599. The number of hydrogen-bond acceptors (Lipinski definition) is 5. The molecule has 2 rings (SSSR count). The van der Waals surface area contributed by atoms with Crippen LogP contribution in [0.2, 0.25) is 0 Å². The van der Waals surface area contributed by atoms with Crippen molar-refractivity contribution in [2.24, 2.45) is 5.14 Å². The molecule has 1 aromatic rings. The number of nitrogens with two attached hydrogens (primary N) is 2. The Hall–Kier alpha value is -1.31. The second-order valence-corrected chi connectivity index (χ2v) is 6.98. The second-order valence-electron chi connectivity index (χ2n) is 5.41. The highest BCUT2D eigenvalue weighted by molar-refractivity contribution is 7.89. The molecule has 1 aromatic carbocycles. The minimum atomic E-state index is -3.73. The van der Waals surface area contributed by atoms with Gasteiger partial charge >= 0.3 is 0 Å². The van der Waals surface area contributed by atoms with Gasteiger partial charge in [0.1, 0.15) is 0 Å². The number of benzene rings is 1. The van der Waals surface area contributed by atoms with E-state index in [0.29, 0.717) is 11.7 Å². The van der Waals surface area contributed by atoms with Crippen LogP contribution in [0.25, 0.3) is 0 Å². The summed E-state index contributed by atoms with van der Waals surface area (Å²) in [4.78, 5) is 4.67. The maximum absolute atomic E-state index is 11.5. The molecule has 1 atom stereocenters. The lowest BCUT2D eigenvalue weighted by Gasteiger charge is -2.26. The van der Waals surface area contributed by atoms with Gasteiger partial charge in [-0.2, -0.15) is 0 Å². The molecule has 1 aliphatic rings. The molecule has 7 heteroatoms. The summed E-state index contributed by atoms with van der Waals surface area (Å²) >= 11 is 0. The van der Waals surface area contributed by atoms with E-state index in [2.05, 4.69) is 23.6 Å². The van der Waals surface area contributed by atoms with Gasteiger partial charge in [0, 0.05) is 30.5 Å². The van der Waals surface area contributed by atoms with Crippen molar-refractivity contribution in [3.63, 3.8) is 0 Å². The zero-order valence-corrected chi connectivity index (χ0v) is 13.4. The summed E-state index contributed by atoms with van der Waals surface area (Å²) in [5.74, 6) is 0. The SMILES string of the molecule is CCN(CC)C1CCN(c2cc(N)cc(S(N)(=O)=O)c2)C1. The van der Waals surface area contributed by atoms with Crippen molar-refractivity contribution in [3.05, 3.63) is 18.2 Å². The molecule has 4 N–H and O–H groups in total. The third-order valence-corrected chi connectivity index (χ3v) is 4.99. The molecule has 0 saturated carbocycles. The van der Waals surface area contributed by atoms with E-state index in [-0.39, 0.29) is 4.90 Å². The van der Waals surface area contributed by atoms with E-state index in [9.17, 15) is 8.42 Å². The number of nitrogens with zero attached hydrogens (tertiary/aromatic N) is 2. The van der Waals surface area contributed by atoms with Gasteiger partial charge < -0.3 is 10.6 Å². The van der Waals surface area contributed by atoms with Gasteiger partial charge in [-0.1, -0.05) is 13.8 Å². The number of rotatable bonds is 5. The number of anilines is 2. The molecule has 0 radical (unpaired) electrons. The van der Waals surface area contributed by atoms with Crippen molar-refractivity contribution in [1.82, 2.24) is 4.90 Å². The van der Waals surface area contributed by atoms with Crippen LogP contribution in [0.4, 0.5) is 11.4 Å². The summed E-state index contributed by atoms with van der Waals surface area (Å²) in [6.07, 6.45) is 1.07. The molecule has 0 spiro atoms. The Balaban J connectivity index is 2.22. The van der Waals surface area contributed by atoms with Gasteiger partial charge in [0.15, 0.2) is 0 Å². The number of likely N-dealkylation sites (N-methyl/N-ethyl adjacent to an activating group) is 1. The van der Waals surface area contributed by atoms with E-state index in [0.717, 1.165) is 38.3 Å². The number of nitrogen functional groups attached to an aromatic ring is 1. The normalized spacial score (nSPS) is 19.4. The zero-order valence-electron chi connectivity index (χ0n) is 12.6. The fourth-order valence-corrected chi connectivity index (χ4v) is 3.55. The first-order valence-electron chi connectivity index (χ1n) is 7.27. The molecular weight excluding hydrogens is 288 g/mol. The topological polar surface area (TPSA) is 92.7 Å². The van der Waals surface area contributed by atoms with Gasteiger partial charge in [0.05, 0.1) is 4.90 Å². The van der Waals surface area contributed by atoms with Gasteiger partial charge in [-0.15, -0.1) is 0 Å². The van der Waals surface area contributed by atoms with E-state index in [1.165, 1.54) is 6.07 Å². The number of sulfonamides is 1. The summed E-state index contributed by atoms with van der Waals surface area (Å²) in [5.41, 5.74) is 7.06. The van der Waals surface area contributed by atoms with Gasteiger partial charge in [-0.05, 0) is 37.7 Å². The lowest BCUT2D eigenvalue weighted by atomic mass is 10.2. The van der Waals surface area contributed by atoms with Gasteiger partial charge in [0.2, 0.25) is 10.0 Å². The maximum atomic E-state index is 11.5. The van der Waals surface area contributed by atoms with E-state index < -0.39 is 10.0 Å². The molecule has 1 unspecified atom stereocenters. The number of hydrogen-bond donors (Lipinski definition) is 2. The van der Waals surface area contributed by atoms with Crippen molar-refractivity contribution in [2.45, 2.75) is 31.2 Å². The van der Waals surface area contributed by atoms with Crippen molar-refractivity contribution in [1.29, 1.82) is 0 Å². The summed E-state index contributed by atoms with van der Waals surface area (Å²) in [6, 6.07) is 5.31. The van der Waals surface area contributed by atoms with Crippen LogP contribution in [0, 0.1) is 0 Å². The van der Waals surface area contributed by atoms with E-state index >= 15 is 0 Å². The van der Waals surface area contributed by atoms with Crippen LogP contribution < -0.4 is 15.8 Å². The molecule has 1 fully saturated rings. The van der Waals surface area contributed by atoms with Crippen LogP contribution in [0.3, 0.4) is 0 Å². The van der Waals surface area contributed by atoms with Crippen LogP contribution in [0.15, 0.2) is 23.1 Å². The van der Waals surface area contributed by atoms with Crippen LogP contribution in [-0.2, 0) is 10.0 Å². The van der Waals surface area contributed by atoms with Gasteiger partial charge in [-0.3, -0.25) is 4.90 Å². The Morgan fingerprint density at radius 3 is 2.52 bits per heavy atom. The largest absolute Gasteiger partial charge is 0.399 e. The molecule has 0 bridgehead atoms. The van der Waals surface area contributed by atoms with Crippen LogP contribution in [0.5, 0.6) is 0 Å². The summed E-state index contributed by atoms with van der Waals surface area (Å²) in [5, 5.41) is 5.20. The first kappa shape index (κ1) is 16.1. The van der Waals surface area contributed by atoms with Crippen LogP contribution in [0.1, 0.15) is 20.3 Å². The Kier molecular flexibility index (Phi) is 4.75. The molecule has 1 saturated heterocycles. The van der Waals surface area contributed by atoms with Crippen molar-refractivity contribution in [3.8, 4) is 0 Å². The van der Waals surface area contributed by atoms with Gasteiger partial charge in [0.25, 0.3) is 0 Å². The molecule has 1 heterocycles. The van der Waals surface area contributed by atoms with Crippen molar-refractivity contribution >= 4 is 21.4 Å². The molecular formula is C14H24N4O2S. The molecule has 0 amide bonds. The van der Waals surface area contributed by atoms with Crippen LogP contribution in [-0.4, -0.2) is 45.5 Å². The van der Waals surface area contributed by atoms with Crippen LogP contribution >= 0.6 is 0 Å². The lowest BCUT2D eigenvalue weighted by Crippen LogP contribution is -2.37. The monoisotopic (exact) mass is 312 g/mol. The maximum Gasteiger partial charge on any atom is 0.238 e. The van der Waals surface area contributed by atoms with E-state index in [1.54, 1.807) is 12.1 Å². The Labute approximate surface area is 126 Å². The fourth-order valence-electron chi connectivity index (χ4n) is 2.97. The van der Waals surface area contributed by atoms with Crippen molar-refractivity contribution in [2.75, 3.05) is 36.8 Å². The summed E-state index contributed by atoms with van der Waals surface area (Å²) in [6.45, 7) is 8.14. The van der Waals surface area contributed by atoms with Crippen molar-refractivity contribution < 1.29 is 8.42 Å². The minimum Gasteiger partial charge on any atom is -0.399 e. The predicted octanol–water partition coefficient (Wildman–Crippen LogP) is 0.837. The molecule has 0 aliphatic carbocycles. The first-order valence-corrected chi connectivity index (χ1v) is 8.82. The average Bonchev–Trinajstić information content (AvgIpc) is 2.88. The zero-order chi connectivity index (χ0) is 15.6. The lowest BCUT2D eigenvalue weighted by molar-refractivity contribution is 0.232. The molecule has 118 valence electrons. The summed E-state index contributed by atoms with van der Waals surface area (Å²) < 4.78 is 23.0. The van der Waals surface area contributed by atoms with E-state index in [1.807, 2.05) is 0 Å². The number of primary sulfonamides is 1. The molecule has 1 aliphatic heterocycles. The standard InChI is InChI=1S/C14H24N4O2S/c1-3-17(4-2)12-5-6-18(10-12)13-7-11(15)8-14(9-13)21(16,19)20/h7-9,12H,3-6,10,15H2,1-2H3,(H2,16,19,20). The second kappa shape index (κ2) is 6.21. The highest BCUT2D eigenvalue weighted by atomic mass is 32.2. The van der Waals surface area contributed by atoms with Gasteiger partial charge in [-0.25, -0.2) is 13.6 Å². The predicted molar refractivity (Wildman–Crippen MR) is 85.8 cm³/mol. The fraction of sp³-hybridized carbons (Fsp3) is 0.571. The highest BCUT2D eigenvalue weighted by Gasteiger charge is 2.27. The third-order valence-electron chi connectivity index (χ3n) is 4.10.